The first-order valence-electron chi connectivity index (χ1n) is 6.37. The van der Waals surface area contributed by atoms with Crippen molar-refractivity contribution in [2.75, 3.05) is 34.4 Å². The number of carboxylic acid groups (broad SMARTS) is 1. The summed E-state index contributed by atoms with van der Waals surface area (Å²) in [5, 5.41) is 8.81. The molecule has 1 rings (SSSR count). The van der Waals surface area contributed by atoms with E-state index >= 15 is 0 Å². The summed E-state index contributed by atoms with van der Waals surface area (Å²) in [4.78, 5) is 12.8. The molecule has 6 nitrogen and oxygen atoms in total. The number of rotatable bonds is 8. The van der Waals surface area contributed by atoms with Gasteiger partial charge >= 0.3 is 5.97 Å². The van der Waals surface area contributed by atoms with Crippen LogP contribution in [0.1, 0.15) is 5.56 Å². The largest absolute Gasteiger partial charge is 0.493 e. The normalized spacial score (nSPS) is 12.2. The van der Waals surface area contributed by atoms with Crippen LogP contribution >= 0.6 is 0 Å². The van der Waals surface area contributed by atoms with Crippen molar-refractivity contribution in [2.24, 2.45) is 5.73 Å². The Morgan fingerprint density at radius 1 is 1.40 bits per heavy atom. The summed E-state index contributed by atoms with van der Waals surface area (Å²) in [6, 6.07) is 4.42. The molecule has 1 unspecified atom stereocenters. The van der Waals surface area contributed by atoms with E-state index < -0.39 is 12.0 Å². The zero-order chi connectivity index (χ0) is 15.1. The van der Waals surface area contributed by atoms with E-state index in [1.807, 2.05) is 19.0 Å². The van der Waals surface area contributed by atoms with Crippen molar-refractivity contribution < 1.29 is 19.4 Å². The molecular formula is C14H22N2O4. The van der Waals surface area contributed by atoms with E-state index in [2.05, 4.69) is 0 Å². The number of hydrogen-bond donors (Lipinski definition) is 2. The van der Waals surface area contributed by atoms with Gasteiger partial charge in [-0.05, 0) is 38.2 Å². The number of carboxylic acids is 1. The van der Waals surface area contributed by atoms with E-state index in [4.69, 9.17) is 20.3 Å². The second kappa shape index (κ2) is 7.72. The summed E-state index contributed by atoms with van der Waals surface area (Å²) >= 11 is 0. The fourth-order valence-corrected chi connectivity index (χ4v) is 1.64. The second-order valence-corrected chi connectivity index (χ2v) is 4.79. The molecule has 6 heteroatoms. The molecule has 0 aliphatic rings. The average Bonchev–Trinajstić information content (AvgIpc) is 2.39. The van der Waals surface area contributed by atoms with Crippen LogP contribution in [0.25, 0.3) is 0 Å². The Hall–Kier alpha value is -1.79. The van der Waals surface area contributed by atoms with Crippen LogP contribution < -0.4 is 15.2 Å². The molecule has 0 aromatic heterocycles. The third-order valence-electron chi connectivity index (χ3n) is 2.80. The quantitative estimate of drug-likeness (QED) is 0.726. The van der Waals surface area contributed by atoms with Gasteiger partial charge < -0.3 is 25.2 Å². The van der Waals surface area contributed by atoms with Crippen molar-refractivity contribution in [1.82, 2.24) is 4.90 Å². The number of benzene rings is 1. The van der Waals surface area contributed by atoms with Crippen LogP contribution in [0.2, 0.25) is 0 Å². The zero-order valence-corrected chi connectivity index (χ0v) is 12.1. The van der Waals surface area contributed by atoms with Gasteiger partial charge in [-0.1, -0.05) is 6.07 Å². The lowest BCUT2D eigenvalue weighted by Crippen LogP contribution is -2.32. The molecular weight excluding hydrogens is 260 g/mol. The van der Waals surface area contributed by atoms with Crippen molar-refractivity contribution in [3.8, 4) is 11.5 Å². The highest BCUT2D eigenvalue weighted by atomic mass is 16.5. The number of nitrogens with zero attached hydrogens (tertiary/aromatic N) is 1. The third-order valence-corrected chi connectivity index (χ3v) is 2.80. The van der Waals surface area contributed by atoms with Gasteiger partial charge in [0.15, 0.2) is 11.5 Å². The molecule has 1 aromatic rings. The lowest BCUT2D eigenvalue weighted by atomic mass is 10.1. The maximum atomic E-state index is 10.7. The molecule has 112 valence electrons. The number of ether oxygens (including phenoxy) is 2. The first-order chi connectivity index (χ1) is 9.43. The van der Waals surface area contributed by atoms with Gasteiger partial charge in [0.25, 0.3) is 0 Å². The number of likely N-dealkylation sites (N-methyl/N-ethyl adjacent to an activating group) is 1. The minimum atomic E-state index is -1.02. The van der Waals surface area contributed by atoms with Gasteiger partial charge in [-0.25, -0.2) is 0 Å². The summed E-state index contributed by atoms with van der Waals surface area (Å²) < 4.78 is 10.9. The van der Waals surface area contributed by atoms with Crippen molar-refractivity contribution in [2.45, 2.75) is 12.5 Å². The summed E-state index contributed by atoms with van der Waals surface area (Å²) in [7, 11) is 5.49. The molecule has 0 amide bonds. The maximum Gasteiger partial charge on any atom is 0.320 e. The monoisotopic (exact) mass is 282 g/mol. The van der Waals surface area contributed by atoms with E-state index in [0.29, 0.717) is 18.1 Å². The van der Waals surface area contributed by atoms with E-state index in [-0.39, 0.29) is 6.42 Å². The summed E-state index contributed by atoms with van der Waals surface area (Å²) in [5.41, 5.74) is 6.32. The molecule has 1 aromatic carbocycles. The van der Waals surface area contributed by atoms with Crippen LogP contribution in [0.4, 0.5) is 0 Å². The minimum absolute atomic E-state index is 0.254. The van der Waals surface area contributed by atoms with Crippen LogP contribution in [0.5, 0.6) is 11.5 Å². The van der Waals surface area contributed by atoms with Gasteiger partial charge in [0.1, 0.15) is 12.6 Å². The molecule has 0 bridgehead atoms. The van der Waals surface area contributed by atoms with E-state index in [0.717, 1.165) is 12.1 Å². The average molecular weight is 282 g/mol. The van der Waals surface area contributed by atoms with Crippen molar-refractivity contribution >= 4 is 5.97 Å². The van der Waals surface area contributed by atoms with Gasteiger partial charge in [0, 0.05) is 6.54 Å². The SMILES string of the molecule is COc1cc(CC(N)C(=O)O)ccc1OCCN(C)C. The molecule has 0 heterocycles. The molecule has 0 spiro atoms. The van der Waals surface area contributed by atoms with Crippen LogP contribution in [-0.4, -0.2) is 56.4 Å². The number of methoxy groups -OCH3 is 1. The standard InChI is InChI=1S/C14H22N2O4/c1-16(2)6-7-20-12-5-4-10(9-13(12)19-3)8-11(15)14(17)18/h4-5,9,11H,6-8,15H2,1-3H3,(H,17,18). The Labute approximate surface area is 119 Å². The fourth-order valence-electron chi connectivity index (χ4n) is 1.64. The second-order valence-electron chi connectivity index (χ2n) is 4.79. The molecule has 0 fully saturated rings. The molecule has 3 N–H and O–H groups in total. The predicted octanol–water partition coefficient (Wildman–Crippen LogP) is 0.590. The summed E-state index contributed by atoms with van der Waals surface area (Å²) in [5.74, 6) is 0.205. The Morgan fingerprint density at radius 3 is 2.65 bits per heavy atom. The Balaban J connectivity index is 2.72. The highest BCUT2D eigenvalue weighted by molar-refractivity contribution is 5.73. The lowest BCUT2D eigenvalue weighted by Gasteiger charge is -2.15. The Kier molecular flexibility index (Phi) is 6.27. The highest BCUT2D eigenvalue weighted by Crippen LogP contribution is 2.28. The first-order valence-corrected chi connectivity index (χ1v) is 6.37. The highest BCUT2D eigenvalue weighted by Gasteiger charge is 2.14. The number of carbonyl (C=O) groups is 1. The van der Waals surface area contributed by atoms with E-state index in [1.54, 1.807) is 25.3 Å². The maximum absolute atomic E-state index is 10.7. The third kappa shape index (κ3) is 5.07. The van der Waals surface area contributed by atoms with Gasteiger partial charge in [0.2, 0.25) is 0 Å². The van der Waals surface area contributed by atoms with Gasteiger partial charge in [0.05, 0.1) is 7.11 Å². The lowest BCUT2D eigenvalue weighted by molar-refractivity contribution is -0.138. The number of aliphatic carboxylic acids is 1. The molecule has 0 aliphatic heterocycles. The van der Waals surface area contributed by atoms with Gasteiger partial charge in [-0.2, -0.15) is 0 Å². The van der Waals surface area contributed by atoms with E-state index in [1.165, 1.54) is 0 Å². The van der Waals surface area contributed by atoms with E-state index in [9.17, 15) is 4.79 Å². The topological polar surface area (TPSA) is 85.0 Å². The smallest absolute Gasteiger partial charge is 0.320 e. The molecule has 0 radical (unpaired) electrons. The van der Waals surface area contributed by atoms with Crippen LogP contribution in [0, 0.1) is 0 Å². The minimum Gasteiger partial charge on any atom is -0.493 e. The molecule has 20 heavy (non-hydrogen) atoms. The first kappa shape index (κ1) is 16.3. The molecule has 1 atom stereocenters. The number of hydrogen-bond acceptors (Lipinski definition) is 5. The van der Waals surface area contributed by atoms with Crippen LogP contribution in [0.3, 0.4) is 0 Å². The molecule has 0 saturated carbocycles. The molecule has 0 aliphatic carbocycles. The van der Waals surface area contributed by atoms with Crippen molar-refractivity contribution in [3.05, 3.63) is 23.8 Å². The Morgan fingerprint density at radius 2 is 2.10 bits per heavy atom. The predicted molar refractivity (Wildman–Crippen MR) is 76.4 cm³/mol. The fraction of sp³-hybridized carbons (Fsp3) is 0.500. The summed E-state index contributed by atoms with van der Waals surface area (Å²) in [6.45, 7) is 1.35. The van der Waals surface area contributed by atoms with Crippen molar-refractivity contribution in [1.29, 1.82) is 0 Å². The molecule has 0 saturated heterocycles. The Bertz CT molecular complexity index is 449. The zero-order valence-electron chi connectivity index (χ0n) is 12.1. The van der Waals surface area contributed by atoms with Gasteiger partial charge in [-0.3, -0.25) is 4.79 Å². The van der Waals surface area contributed by atoms with Crippen LogP contribution in [-0.2, 0) is 11.2 Å². The number of nitrogens with two attached hydrogens (primary N) is 1. The summed E-state index contributed by atoms with van der Waals surface area (Å²) in [6.07, 6.45) is 0.254. The van der Waals surface area contributed by atoms with Gasteiger partial charge in [-0.15, -0.1) is 0 Å². The van der Waals surface area contributed by atoms with Crippen molar-refractivity contribution in [3.63, 3.8) is 0 Å². The van der Waals surface area contributed by atoms with Crippen LogP contribution in [0.15, 0.2) is 18.2 Å².